The summed E-state index contributed by atoms with van der Waals surface area (Å²) in [6.07, 6.45) is 0.645. The number of nitrogens with two attached hydrogens (primary N) is 2. The number of urea groups is 1. The number of carboxylic acid groups (broad SMARTS) is 1. The lowest BCUT2D eigenvalue weighted by Crippen LogP contribution is -2.51. The van der Waals surface area contributed by atoms with Crippen LogP contribution >= 0.6 is 0 Å². The molecule has 1 aromatic rings. The smallest absolute Gasteiger partial charge is 0.335 e. The van der Waals surface area contributed by atoms with E-state index in [-0.39, 0.29) is 24.4 Å². The van der Waals surface area contributed by atoms with Crippen LogP contribution in [0.1, 0.15) is 37.0 Å². The largest absolute Gasteiger partial charge is 0.478 e. The number of carbonyl (C=O) groups is 4. The van der Waals surface area contributed by atoms with Crippen molar-refractivity contribution < 1.29 is 24.3 Å². The maximum absolute atomic E-state index is 12.6. The van der Waals surface area contributed by atoms with Gasteiger partial charge in [-0.3, -0.25) is 9.59 Å². The Balaban J connectivity index is 2.79. The van der Waals surface area contributed by atoms with Crippen molar-refractivity contribution in [2.45, 2.75) is 38.8 Å². The molecule has 0 radical (unpaired) electrons. The van der Waals surface area contributed by atoms with Crippen LogP contribution in [0.25, 0.3) is 0 Å². The number of amides is 4. The third-order valence-electron chi connectivity index (χ3n) is 4.02. The molecule has 0 fully saturated rings. The van der Waals surface area contributed by atoms with E-state index in [0.29, 0.717) is 12.1 Å². The maximum atomic E-state index is 12.6. The Morgan fingerprint density at radius 2 is 1.68 bits per heavy atom. The maximum Gasteiger partial charge on any atom is 0.335 e. The zero-order valence-electron chi connectivity index (χ0n) is 15.9. The molecule has 0 saturated carbocycles. The zero-order chi connectivity index (χ0) is 21.3. The summed E-state index contributed by atoms with van der Waals surface area (Å²) in [4.78, 5) is 46.5. The fourth-order valence-corrected chi connectivity index (χ4v) is 2.28. The van der Waals surface area contributed by atoms with Gasteiger partial charge in [0.05, 0.1) is 11.6 Å². The molecule has 0 saturated heterocycles. The van der Waals surface area contributed by atoms with Crippen LogP contribution in [-0.4, -0.2) is 47.5 Å². The van der Waals surface area contributed by atoms with Crippen molar-refractivity contribution in [3.8, 4) is 0 Å². The molecule has 0 bridgehead atoms. The molecule has 0 aromatic heterocycles. The number of primary amides is 1. The Morgan fingerprint density at radius 1 is 1.07 bits per heavy atom. The van der Waals surface area contributed by atoms with Gasteiger partial charge in [-0.2, -0.15) is 0 Å². The minimum absolute atomic E-state index is 0.0864. The van der Waals surface area contributed by atoms with Crippen LogP contribution in [0, 0.1) is 5.92 Å². The molecule has 0 spiro atoms. The molecule has 8 N–H and O–H groups in total. The van der Waals surface area contributed by atoms with Crippen LogP contribution in [0.4, 0.5) is 10.5 Å². The lowest BCUT2D eigenvalue weighted by Gasteiger charge is -2.22. The molecule has 28 heavy (non-hydrogen) atoms. The lowest BCUT2D eigenvalue weighted by molar-refractivity contribution is -0.128. The second-order valence-electron chi connectivity index (χ2n) is 6.64. The number of rotatable bonds is 10. The van der Waals surface area contributed by atoms with Crippen molar-refractivity contribution in [3.63, 3.8) is 0 Å². The van der Waals surface area contributed by atoms with E-state index in [2.05, 4.69) is 16.0 Å². The third kappa shape index (κ3) is 7.62. The van der Waals surface area contributed by atoms with Crippen LogP contribution < -0.4 is 27.4 Å². The van der Waals surface area contributed by atoms with Gasteiger partial charge in [0.25, 0.3) is 0 Å². The molecule has 0 aliphatic carbocycles. The van der Waals surface area contributed by atoms with E-state index in [1.165, 1.54) is 24.3 Å². The van der Waals surface area contributed by atoms with Gasteiger partial charge in [0.15, 0.2) is 0 Å². The summed E-state index contributed by atoms with van der Waals surface area (Å²) in [5, 5.41) is 16.6. The molecule has 0 aliphatic heterocycles. The average molecular weight is 393 g/mol. The molecular formula is C18H27N5O5. The van der Waals surface area contributed by atoms with Crippen molar-refractivity contribution >= 4 is 29.5 Å². The first-order valence-electron chi connectivity index (χ1n) is 8.85. The van der Waals surface area contributed by atoms with Crippen LogP contribution in [0.3, 0.4) is 0 Å². The highest BCUT2D eigenvalue weighted by Gasteiger charge is 2.25. The van der Waals surface area contributed by atoms with Crippen molar-refractivity contribution in [2.75, 3.05) is 11.9 Å². The van der Waals surface area contributed by atoms with Gasteiger partial charge in [-0.1, -0.05) is 13.8 Å². The second kappa shape index (κ2) is 10.9. The van der Waals surface area contributed by atoms with Gasteiger partial charge in [-0.25, -0.2) is 9.59 Å². The summed E-state index contributed by atoms with van der Waals surface area (Å²) >= 11 is 0. The summed E-state index contributed by atoms with van der Waals surface area (Å²) in [5.74, 6) is -2.12. The lowest BCUT2D eigenvalue weighted by atomic mass is 10.0. The quantitative estimate of drug-likeness (QED) is 0.310. The SMILES string of the molecule is CC(C)[C@H](N)C(=O)N[C@@H](CCCNC(N)=O)C(=O)Nc1ccc(C(=O)O)cc1. The van der Waals surface area contributed by atoms with Gasteiger partial charge in [0.1, 0.15) is 6.04 Å². The Bertz CT molecular complexity index is 705. The molecule has 2 atom stereocenters. The first kappa shape index (κ1) is 22.9. The summed E-state index contributed by atoms with van der Waals surface area (Å²) in [7, 11) is 0. The molecule has 1 aromatic carbocycles. The highest BCUT2D eigenvalue weighted by molar-refractivity contribution is 5.98. The molecular weight excluding hydrogens is 366 g/mol. The Labute approximate surface area is 163 Å². The van der Waals surface area contributed by atoms with E-state index in [0.717, 1.165) is 0 Å². The van der Waals surface area contributed by atoms with Gasteiger partial charge in [-0.15, -0.1) is 0 Å². The van der Waals surface area contributed by atoms with Crippen LogP contribution in [0.2, 0.25) is 0 Å². The molecule has 1 rings (SSSR count). The topological polar surface area (TPSA) is 177 Å². The van der Waals surface area contributed by atoms with Crippen molar-refractivity contribution in [3.05, 3.63) is 29.8 Å². The number of carboxylic acids is 1. The molecule has 154 valence electrons. The zero-order valence-corrected chi connectivity index (χ0v) is 15.9. The number of hydrogen-bond acceptors (Lipinski definition) is 5. The Kier molecular flexibility index (Phi) is 8.89. The highest BCUT2D eigenvalue weighted by Crippen LogP contribution is 2.11. The van der Waals surface area contributed by atoms with E-state index in [4.69, 9.17) is 16.6 Å². The summed E-state index contributed by atoms with van der Waals surface area (Å²) in [6, 6.07) is 3.29. The van der Waals surface area contributed by atoms with Crippen molar-refractivity contribution in [1.82, 2.24) is 10.6 Å². The van der Waals surface area contributed by atoms with Crippen LogP contribution in [0.15, 0.2) is 24.3 Å². The standard InChI is InChI=1S/C18H27N5O5/c1-10(2)14(19)16(25)23-13(4-3-9-21-18(20)28)15(24)22-12-7-5-11(6-8-12)17(26)27/h5-8,10,13-14H,3-4,9,19H2,1-2H3,(H,22,24)(H,23,25)(H,26,27)(H3,20,21,28)/t13-,14-/m0/s1. The normalized spacial score (nSPS) is 12.7. The van der Waals surface area contributed by atoms with E-state index in [1.807, 2.05) is 0 Å². The van der Waals surface area contributed by atoms with E-state index < -0.39 is 35.9 Å². The van der Waals surface area contributed by atoms with Gasteiger partial charge in [0.2, 0.25) is 11.8 Å². The van der Waals surface area contributed by atoms with E-state index in [9.17, 15) is 19.2 Å². The Morgan fingerprint density at radius 3 is 2.18 bits per heavy atom. The Hall–Kier alpha value is -3.14. The fraction of sp³-hybridized carbons (Fsp3) is 0.444. The van der Waals surface area contributed by atoms with Gasteiger partial charge in [0, 0.05) is 12.2 Å². The van der Waals surface area contributed by atoms with Crippen molar-refractivity contribution in [1.29, 1.82) is 0 Å². The van der Waals surface area contributed by atoms with E-state index in [1.54, 1.807) is 13.8 Å². The minimum Gasteiger partial charge on any atom is -0.478 e. The predicted molar refractivity (Wildman–Crippen MR) is 104 cm³/mol. The molecule has 0 heterocycles. The van der Waals surface area contributed by atoms with E-state index >= 15 is 0 Å². The number of aromatic carboxylic acids is 1. The summed E-state index contributed by atoms with van der Waals surface area (Å²) < 4.78 is 0. The monoisotopic (exact) mass is 393 g/mol. The average Bonchev–Trinajstić information content (AvgIpc) is 2.63. The van der Waals surface area contributed by atoms with Crippen molar-refractivity contribution in [2.24, 2.45) is 17.4 Å². The summed E-state index contributed by atoms with van der Waals surface area (Å²) in [5.41, 5.74) is 11.3. The van der Waals surface area contributed by atoms with Crippen LogP contribution in [-0.2, 0) is 9.59 Å². The number of anilines is 1. The molecule has 0 aliphatic rings. The van der Waals surface area contributed by atoms with Gasteiger partial charge < -0.3 is 32.5 Å². The number of hydrogen-bond donors (Lipinski definition) is 6. The summed E-state index contributed by atoms with van der Waals surface area (Å²) in [6.45, 7) is 3.83. The van der Waals surface area contributed by atoms with Crippen LogP contribution in [0.5, 0.6) is 0 Å². The number of carbonyl (C=O) groups excluding carboxylic acids is 3. The first-order chi connectivity index (χ1) is 13.1. The molecule has 10 nitrogen and oxygen atoms in total. The third-order valence-corrected chi connectivity index (χ3v) is 4.02. The fourth-order valence-electron chi connectivity index (χ4n) is 2.28. The minimum atomic E-state index is -1.08. The van der Waals surface area contributed by atoms with Gasteiger partial charge in [-0.05, 0) is 43.0 Å². The molecule has 10 heteroatoms. The number of nitrogens with one attached hydrogen (secondary N) is 3. The second-order valence-corrected chi connectivity index (χ2v) is 6.64. The highest BCUT2D eigenvalue weighted by atomic mass is 16.4. The number of benzene rings is 1. The molecule has 4 amide bonds. The van der Waals surface area contributed by atoms with Gasteiger partial charge >= 0.3 is 12.0 Å². The molecule has 0 unspecified atom stereocenters. The predicted octanol–water partition coefficient (Wildman–Crippen LogP) is 0.240. The first-order valence-corrected chi connectivity index (χ1v) is 8.85.